The van der Waals surface area contributed by atoms with E-state index in [1.54, 1.807) is 0 Å². The summed E-state index contributed by atoms with van der Waals surface area (Å²) in [6.07, 6.45) is 5.50. The molecule has 0 spiro atoms. The Labute approximate surface area is 114 Å². The van der Waals surface area contributed by atoms with Crippen LogP contribution in [0, 0.1) is 6.92 Å². The fourth-order valence-electron chi connectivity index (χ4n) is 2.05. The van der Waals surface area contributed by atoms with Crippen LogP contribution in [0.5, 0.6) is 0 Å². The molecule has 102 valence electrons. The zero-order valence-electron chi connectivity index (χ0n) is 12.0. The molecule has 2 aromatic heterocycles. The van der Waals surface area contributed by atoms with E-state index in [4.69, 9.17) is 0 Å². The SMILES string of the molecule is CCc1cc(CC(NC)c2ncc(C)cn2)n(C)n1. The summed E-state index contributed by atoms with van der Waals surface area (Å²) in [4.78, 5) is 8.80. The van der Waals surface area contributed by atoms with Crippen molar-refractivity contribution in [1.82, 2.24) is 25.1 Å². The van der Waals surface area contributed by atoms with Gasteiger partial charge in [-0.25, -0.2) is 9.97 Å². The van der Waals surface area contributed by atoms with Crippen molar-refractivity contribution >= 4 is 0 Å². The van der Waals surface area contributed by atoms with Crippen molar-refractivity contribution in [2.24, 2.45) is 7.05 Å². The zero-order chi connectivity index (χ0) is 13.8. The maximum absolute atomic E-state index is 4.47. The van der Waals surface area contributed by atoms with Crippen molar-refractivity contribution in [3.8, 4) is 0 Å². The molecule has 0 aromatic carbocycles. The number of hydrogen-bond donors (Lipinski definition) is 1. The molecule has 1 unspecified atom stereocenters. The van der Waals surface area contributed by atoms with Gasteiger partial charge in [-0.15, -0.1) is 0 Å². The molecule has 0 aliphatic rings. The van der Waals surface area contributed by atoms with Crippen LogP contribution < -0.4 is 5.32 Å². The van der Waals surface area contributed by atoms with Gasteiger partial charge < -0.3 is 5.32 Å². The van der Waals surface area contributed by atoms with E-state index in [2.05, 4.69) is 33.4 Å². The number of nitrogens with one attached hydrogen (secondary N) is 1. The molecule has 5 heteroatoms. The average molecular weight is 259 g/mol. The van der Waals surface area contributed by atoms with Crippen molar-refractivity contribution in [3.05, 3.63) is 41.2 Å². The van der Waals surface area contributed by atoms with Crippen molar-refractivity contribution in [2.75, 3.05) is 7.05 Å². The predicted octanol–water partition coefficient (Wildman–Crippen LogP) is 1.58. The van der Waals surface area contributed by atoms with E-state index in [0.29, 0.717) is 0 Å². The topological polar surface area (TPSA) is 55.6 Å². The summed E-state index contributed by atoms with van der Waals surface area (Å²) in [6.45, 7) is 4.11. The van der Waals surface area contributed by atoms with Crippen LogP contribution in [0.15, 0.2) is 18.5 Å². The van der Waals surface area contributed by atoms with E-state index in [-0.39, 0.29) is 6.04 Å². The molecule has 0 saturated heterocycles. The van der Waals surface area contributed by atoms with Gasteiger partial charge in [0.2, 0.25) is 0 Å². The third-order valence-electron chi connectivity index (χ3n) is 3.26. The van der Waals surface area contributed by atoms with Crippen LogP contribution in [0.2, 0.25) is 0 Å². The van der Waals surface area contributed by atoms with Gasteiger partial charge in [-0.3, -0.25) is 4.68 Å². The number of rotatable bonds is 5. The first-order valence-corrected chi connectivity index (χ1v) is 6.61. The first-order valence-electron chi connectivity index (χ1n) is 6.61. The quantitative estimate of drug-likeness (QED) is 0.886. The molecule has 2 rings (SSSR count). The Hall–Kier alpha value is -1.75. The highest BCUT2D eigenvalue weighted by Crippen LogP contribution is 2.15. The highest BCUT2D eigenvalue weighted by atomic mass is 15.3. The first-order chi connectivity index (χ1) is 9.13. The van der Waals surface area contributed by atoms with Gasteiger partial charge >= 0.3 is 0 Å². The third-order valence-corrected chi connectivity index (χ3v) is 3.26. The second kappa shape index (κ2) is 5.93. The number of likely N-dealkylation sites (N-methyl/N-ethyl adjacent to an activating group) is 1. The maximum Gasteiger partial charge on any atom is 0.145 e. The molecule has 0 amide bonds. The Morgan fingerprint density at radius 3 is 2.53 bits per heavy atom. The van der Waals surface area contributed by atoms with Crippen molar-refractivity contribution in [3.63, 3.8) is 0 Å². The van der Waals surface area contributed by atoms with E-state index >= 15 is 0 Å². The summed E-state index contributed by atoms with van der Waals surface area (Å²) in [5.41, 5.74) is 3.39. The summed E-state index contributed by atoms with van der Waals surface area (Å²) >= 11 is 0. The van der Waals surface area contributed by atoms with E-state index in [1.807, 2.05) is 38.1 Å². The lowest BCUT2D eigenvalue weighted by Crippen LogP contribution is -2.22. The second-order valence-electron chi connectivity index (χ2n) is 4.77. The summed E-state index contributed by atoms with van der Waals surface area (Å²) in [5, 5.41) is 7.75. The minimum atomic E-state index is 0.112. The van der Waals surface area contributed by atoms with Gasteiger partial charge in [-0.2, -0.15) is 5.10 Å². The van der Waals surface area contributed by atoms with Crippen LogP contribution in [0.1, 0.15) is 35.7 Å². The average Bonchev–Trinajstić information content (AvgIpc) is 2.78. The molecule has 1 atom stereocenters. The smallest absolute Gasteiger partial charge is 0.145 e. The molecular formula is C14H21N5. The van der Waals surface area contributed by atoms with Gasteiger partial charge in [0.05, 0.1) is 11.7 Å². The van der Waals surface area contributed by atoms with E-state index in [9.17, 15) is 0 Å². The third kappa shape index (κ3) is 3.17. The summed E-state index contributed by atoms with van der Waals surface area (Å²) in [7, 11) is 3.92. The lowest BCUT2D eigenvalue weighted by Gasteiger charge is -2.14. The Balaban J connectivity index is 2.18. The molecule has 1 N–H and O–H groups in total. The molecule has 0 bridgehead atoms. The summed E-state index contributed by atoms with van der Waals surface area (Å²) < 4.78 is 1.94. The van der Waals surface area contributed by atoms with Crippen LogP contribution in [0.25, 0.3) is 0 Å². The van der Waals surface area contributed by atoms with Crippen molar-refractivity contribution < 1.29 is 0 Å². The molecule has 0 aliphatic carbocycles. The lowest BCUT2D eigenvalue weighted by atomic mass is 10.1. The maximum atomic E-state index is 4.47. The fourth-order valence-corrected chi connectivity index (χ4v) is 2.05. The van der Waals surface area contributed by atoms with Gasteiger partial charge in [-0.1, -0.05) is 6.92 Å². The second-order valence-corrected chi connectivity index (χ2v) is 4.77. The van der Waals surface area contributed by atoms with Gasteiger partial charge in [-0.05, 0) is 32.0 Å². The highest BCUT2D eigenvalue weighted by molar-refractivity contribution is 5.14. The number of aromatic nitrogens is 4. The molecule has 2 aromatic rings. The van der Waals surface area contributed by atoms with Gasteiger partial charge in [0.1, 0.15) is 5.82 Å². The van der Waals surface area contributed by atoms with Gasteiger partial charge in [0, 0.05) is 31.6 Å². The van der Waals surface area contributed by atoms with E-state index in [1.165, 1.54) is 5.69 Å². The normalized spacial score (nSPS) is 12.6. The fraction of sp³-hybridized carbons (Fsp3) is 0.500. The largest absolute Gasteiger partial charge is 0.310 e. The zero-order valence-corrected chi connectivity index (χ0v) is 12.0. The molecular weight excluding hydrogens is 238 g/mol. The van der Waals surface area contributed by atoms with Crippen molar-refractivity contribution in [2.45, 2.75) is 32.7 Å². The van der Waals surface area contributed by atoms with Crippen molar-refractivity contribution in [1.29, 1.82) is 0 Å². The molecule has 0 saturated carbocycles. The molecule has 0 aliphatic heterocycles. The van der Waals surface area contributed by atoms with Gasteiger partial charge in [0.15, 0.2) is 0 Å². The Kier molecular flexibility index (Phi) is 4.27. The van der Waals surface area contributed by atoms with E-state index < -0.39 is 0 Å². The van der Waals surface area contributed by atoms with E-state index in [0.717, 1.165) is 29.9 Å². The predicted molar refractivity (Wildman–Crippen MR) is 74.9 cm³/mol. The lowest BCUT2D eigenvalue weighted by molar-refractivity contribution is 0.533. The number of hydrogen-bond acceptors (Lipinski definition) is 4. The monoisotopic (exact) mass is 259 g/mol. The Morgan fingerprint density at radius 1 is 1.32 bits per heavy atom. The standard InChI is InChI=1S/C14H21N5/c1-5-11-6-12(19(4)18-11)7-13(15-3)14-16-8-10(2)9-17-14/h6,8-9,13,15H,5,7H2,1-4H3. The summed E-state index contributed by atoms with van der Waals surface area (Å²) in [6, 6.07) is 2.26. The molecule has 2 heterocycles. The molecule has 19 heavy (non-hydrogen) atoms. The molecule has 0 fully saturated rings. The minimum Gasteiger partial charge on any atom is -0.310 e. The molecule has 5 nitrogen and oxygen atoms in total. The Morgan fingerprint density at radius 2 is 2.00 bits per heavy atom. The minimum absolute atomic E-state index is 0.112. The molecule has 0 radical (unpaired) electrons. The first kappa shape index (κ1) is 13.7. The summed E-state index contributed by atoms with van der Waals surface area (Å²) in [5.74, 6) is 0.826. The van der Waals surface area contributed by atoms with Crippen LogP contribution in [0.4, 0.5) is 0 Å². The van der Waals surface area contributed by atoms with Gasteiger partial charge in [0.25, 0.3) is 0 Å². The number of nitrogens with zero attached hydrogens (tertiary/aromatic N) is 4. The van der Waals surface area contributed by atoms with Crippen LogP contribution in [-0.4, -0.2) is 26.8 Å². The van der Waals surface area contributed by atoms with Crippen LogP contribution >= 0.6 is 0 Å². The van der Waals surface area contributed by atoms with Crippen LogP contribution in [0.3, 0.4) is 0 Å². The Bertz CT molecular complexity index is 529. The number of aryl methyl sites for hydroxylation is 3. The highest BCUT2D eigenvalue weighted by Gasteiger charge is 2.15. The van der Waals surface area contributed by atoms with Crippen LogP contribution in [-0.2, 0) is 19.9 Å².